The van der Waals surface area contributed by atoms with Gasteiger partial charge in [0, 0.05) is 6.07 Å². The molecule has 0 spiro atoms. The van der Waals surface area contributed by atoms with E-state index >= 15 is 0 Å². The van der Waals surface area contributed by atoms with Gasteiger partial charge in [0.25, 0.3) is 5.88 Å². The maximum atomic E-state index is 9.79. The molecule has 0 bridgehead atoms. The van der Waals surface area contributed by atoms with Crippen LogP contribution in [0.4, 0.5) is 0 Å². The van der Waals surface area contributed by atoms with E-state index in [0.29, 0.717) is 0 Å². The van der Waals surface area contributed by atoms with E-state index in [2.05, 4.69) is 30.1 Å². The first-order valence-electron chi connectivity index (χ1n) is 6.45. The first kappa shape index (κ1) is 13.2. The predicted octanol–water partition coefficient (Wildman–Crippen LogP) is 3.75. The van der Waals surface area contributed by atoms with Crippen LogP contribution in [0.1, 0.15) is 25.0 Å². The molecule has 0 aliphatic heterocycles. The van der Waals surface area contributed by atoms with E-state index in [0.717, 1.165) is 18.6 Å². The Labute approximate surface area is 122 Å². The molecule has 0 amide bonds. The van der Waals surface area contributed by atoms with Gasteiger partial charge in [-0.15, -0.1) is 10.2 Å². The Hall–Kier alpha value is -1.81. The molecule has 1 aromatic heterocycles. The minimum absolute atomic E-state index is 0.0764. The number of rotatable bonds is 2. The summed E-state index contributed by atoms with van der Waals surface area (Å²) in [4.78, 5) is 0. The van der Waals surface area contributed by atoms with Crippen LogP contribution in [0.5, 0.6) is 17.4 Å². The quantitative estimate of drug-likeness (QED) is 0.915. The third-order valence-corrected chi connectivity index (χ3v) is 3.66. The Morgan fingerprint density at radius 2 is 2.05 bits per heavy atom. The lowest BCUT2D eigenvalue weighted by atomic mass is 9.90. The van der Waals surface area contributed by atoms with Gasteiger partial charge in [-0.2, -0.15) is 0 Å². The van der Waals surface area contributed by atoms with Crippen LogP contribution in [0.25, 0.3) is 0 Å². The second-order valence-corrected chi connectivity index (χ2v) is 6.26. The molecule has 1 aliphatic carbocycles. The first-order chi connectivity index (χ1) is 9.44. The summed E-state index contributed by atoms with van der Waals surface area (Å²) < 4.78 is 5.72. The van der Waals surface area contributed by atoms with Crippen molar-refractivity contribution in [1.29, 1.82) is 0 Å². The summed E-state index contributed by atoms with van der Waals surface area (Å²) in [5.41, 5.74) is 2.69. The summed E-state index contributed by atoms with van der Waals surface area (Å²) in [5, 5.41) is 17.4. The number of hydrogen-bond donors (Lipinski definition) is 1. The summed E-state index contributed by atoms with van der Waals surface area (Å²) in [6, 6.07) is 7.27. The number of nitrogens with zero attached hydrogens (tertiary/aromatic N) is 2. The van der Waals surface area contributed by atoms with Crippen molar-refractivity contribution in [3.8, 4) is 17.4 Å². The van der Waals surface area contributed by atoms with Gasteiger partial charge in [-0.1, -0.05) is 37.6 Å². The summed E-state index contributed by atoms with van der Waals surface area (Å²) in [7, 11) is 0. The maximum absolute atomic E-state index is 9.79. The van der Waals surface area contributed by atoms with Crippen molar-refractivity contribution in [3.05, 3.63) is 40.5 Å². The van der Waals surface area contributed by atoms with Crippen LogP contribution in [0, 0.1) is 5.41 Å². The van der Waals surface area contributed by atoms with Gasteiger partial charge in [0.05, 0.1) is 0 Å². The largest absolute Gasteiger partial charge is 0.503 e. The highest BCUT2D eigenvalue weighted by atomic mass is 35.5. The predicted molar refractivity (Wildman–Crippen MR) is 76.4 cm³/mol. The molecule has 5 heteroatoms. The van der Waals surface area contributed by atoms with Crippen LogP contribution in [0.15, 0.2) is 24.3 Å². The Morgan fingerprint density at radius 3 is 2.80 bits per heavy atom. The molecule has 1 N–H and O–H groups in total. The number of fused-ring (bicyclic) bond motifs is 1. The minimum Gasteiger partial charge on any atom is -0.503 e. The number of hydrogen-bond acceptors (Lipinski definition) is 4. The van der Waals surface area contributed by atoms with E-state index in [9.17, 15) is 5.11 Å². The second-order valence-electron chi connectivity index (χ2n) is 5.87. The number of aromatic hydroxyl groups is 1. The Morgan fingerprint density at radius 1 is 1.25 bits per heavy atom. The van der Waals surface area contributed by atoms with Crippen LogP contribution in [0.2, 0.25) is 5.15 Å². The van der Waals surface area contributed by atoms with E-state index in [1.165, 1.54) is 17.2 Å². The molecular formula is C15H15ClN2O2. The van der Waals surface area contributed by atoms with Crippen molar-refractivity contribution in [2.75, 3.05) is 0 Å². The highest BCUT2D eigenvalue weighted by Gasteiger charge is 2.30. The monoisotopic (exact) mass is 290 g/mol. The van der Waals surface area contributed by atoms with Crippen molar-refractivity contribution in [2.45, 2.75) is 26.7 Å². The molecule has 0 fully saturated rings. The number of halogens is 1. The number of benzene rings is 1. The molecule has 0 atom stereocenters. The molecule has 0 radical (unpaired) electrons. The van der Waals surface area contributed by atoms with E-state index in [4.69, 9.17) is 16.3 Å². The molecule has 104 valence electrons. The summed E-state index contributed by atoms with van der Waals surface area (Å²) >= 11 is 5.66. The van der Waals surface area contributed by atoms with Crippen molar-refractivity contribution < 1.29 is 9.84 Å². The molecule has 20 heavy (non-hydrogen) atoms. The zero-order valence-corrected chi connectivity index (χ0v) is 12.1. The molecule has 0 saturated heterocycles. The van der Waals surface area contributed by atoms with Gasteiger partial charge < -0.3 is 9.84 Å². The van der Waals surface area contributed by atoms with Crippen molar-refractivity contribution in [1.82, 2.24) is 10.2 Å². The molecular weight excluding hydrogens is 276 g/mol. The molecule has 1 heterocycles. The number of aromatic nitrogens is 2. The zero-order valence-electron chi connectivity index (χ0n) is 11.4. The van der Waals surface area contributed by atoms with Crippen LogP contribution >= 0.6 is 11.6 Å². The molecule has 3 rings (SSSR count). The van der Waals surface area contributed by atoms with Gasteiger partial charge in [-0.05, 0) is 35.4 Å². The van der Waals surface area contributed by atoms with Gasteiger partial charge in [-0.25, -0.2) is 0 Å². The lowest BCUT2D eigenvalue weighted by Crippen LogP contribution is -2.09. The van der Waals surface area contributed by atoms with Crippen molar-refractivity contribution >= 4 is 11.6 Å². The van der Waals surface area contributed by atoms with Crippen LogP contribution in [0.3, 0.4) is 0 Å². The Bertz CT molecular complexity index is 671. The second kappa shape index (κ2) is 4.63. The van der Waals surface area contributed by atoms with Crippen molar-refractivity contribution in [3.63, 3.8) is 0 Å². The SMILES string of the molecule is CC1(C)Cc2cccc(Oc3nnc(Cl)cc3O)c2C1. The lowest BCUT2D eigenvalue weighted by Gasteiger charge is -2.15. The van der Waals surface area contributed by atoms with Crippen LogP contribution in [-0.2, 0) is 12.8 Å². The molecule has 0 unspecified atom stereocenters. The van der Waals surface area contributed by atoms with E-state index < -0.39 is 0 Å². The normalized spacial score (nSPS) is 15.9. The van der Waals surface area contributed by atoms with Gasteiger partial charge >= 0.3 is 0 Å². The maximum Gasteiger partial charge on any atom is 0.281 e. The molecule has 0 saturated carbocycles. The number of ether oxygens (including phenoxy) is 1. The molecule has 1 aromatic carbocycles. The summed E-state index contributed by atoms with van der Waals surface area (Å²) in [6.45, 7) is 4.46. The summed E-state index contributed by atoms with van der Waals surface area (Å²) in [6.07, 6.45) is 1.97. The third kappa shape index (κ3) is 2.43. The molecule has 1 aliphatic rings. The molecule has 4 nitrogen and oxygen atoms in total. The fourth-order valence-corrected chi connectivity index (χ4v) is 2.80. The zero-order chi connectivity index (χ0) is 14.3. The average Bonchev–Trinajstić information content (AvgIpc) is 2.67. The first-order valence-corrected chi connectivity index (χ1v) is 6.83. The third-order valence-electron chi connectivity index (χ3n) is 3.47. The van der Waals surface area contributed by atoms with E-state index in [1.807, 2.05) is 12.1 Å². The van der Waals surface area contributed by atoms with Crippen LogP contribution in [-0.4, -0.2) is 15.3 Å². The van der Waals surface area contributed by atoms with Crippen molar-refractivity contribution in [2.24, 2.45) is 5.41 Å². The Balaban J connectivity index is 1.95. The van der Waals surface area contributed by atoms with E-state index in [-0.39, 0.29) is 22.2 Å². The topological polar surface area (TPSA) is 55.2 Å². The molecule has 2 aromatic rings. The lowest BCUT2D eigenvalue weighted by molar-refractivity contribution is 0.375. The highest BCUT2D eigenvalue weighted by molar-refractivity contribution is 6.29. The minimum atomic E-state index is -0.111. The fourth-order valence-electron chi connectivity index (χ4n) is 2.65. The van der Waals surface area contributed by atoms with E-state index in [1.54, 1.807) is 0 Å². The smallest absolute Gasteiger partial charge is 0.281 e. The van der Waals surface area contributed by atoms with Crippen LogP contribution < -0.4 is 4.74 Å². The fraction of sp³-hybridized carbons (Fsp3) is 0.333. The standard InChI is InChI=1S/C15H15ClN2O2/c1-15(2)7-9-4-3-5-12(10(9)8-15)20-14-11(19)6-13(16)17-18-14/h3-6H,7-8H2,1-2H3,(H,17,19). The average molecular weight is 291 g/mol. The Kier molecular flexibility index (Phi) is 3.05. The van der Waals surface area contributed by atoms with Gasteiger partial charge in [0.2, 0.25) is 0 Å². The highest BCUT2D eigenvalue weighted by Crippen LogP contribution is 2.42. The summed E-state index contributed by atoms with van der Waals surface area (Å²) in [5.74, 6) is 0.687. The van der Waals surface area contributed by atoms with Gasteiger partial charge in [0.1, 0.15) is 5.75 Å². The van der Waals surface area contributed by atoms with Gasteiger partial charge in [0.15, 0.2) is 10.9 Å². The van der Waals surface area contributed by atoms with Gasteiger partial charge in [-0.3, -0.25) is 0 Å².